The summed E-state index contributed by atoms with van der Waals surface area (Å²) in [5.41, 5.74) is 0.925. The Morgan fingerprint density at radius 1 is 0.935 bits per heavy atom. The molecule has 1 saturated heterocycles. The molecule has 1 aromatic carbocycles. The molecule has 0 radical (unpaired) electrons. The number of phosphoric acid groups is 1. The third kappa shape index (κ3) is 10.6. The number of ether oxygens (including phenoxy) is 1. The van der Waals surface area contributed by atoms with Gasteiger partial charge < -0.3 is 28.1 Å². The molecule has 3 unspecified atom stereocenters. The Morgan fingerprint density at radius 3 is 2.26 bits per heavy atom. The third-order valence-electron chi connectivity index (χ3n) is 7.29. The molecule has 1 fully saturated rings. The maximum Gasteiger partial charge on any atom is 0.604 e. The number of ketones is 1. The van der Waals surface area contributed by atoms with Crippen molar-refractivity contribution >= 4 is 33.1 Å². The summed E-state index contributed by atoms with van der Waals surface area (Å²) in [7, 11) is -7.21. The molecule has 2 aliphatic heterocycles. The fourth-order valence-corrected chi connectivity index (χ4v) is 7.13. The predicted octanol–water partition coefficient (Wildman–Crippen LogP) is 4.05. The van der Waals surface area contributed by atoms with Gasteiger partial charge in [0.1, 0.15) is 12.2 Å². The number of carbonyl (C=O) groups excluding carboxylic acids is 3. The molecule has 0 aliphatic carbocycles. The Bertz CT molecular complexity index is 1390. The highest BCUT2D eigenvalue weighted by Gasteiger charge is 2.58. The van der Waals surface area contributed by atoms with Gasteiger partial charge in [-0.15, -0.1) is 0 Å². The molecule has 1 amide bonds. The largest absolute Gasteiger partial charge is 0.604 e. The monoisotopic (exact) mass is 678 g/mol. The second-order valence-electron chi connectivity index (χ2n) is 10.5. The van der Waals surface area contributed by atoms with Gasteiger partial charge in [-0.05, 0) is 44.2 Å². The molecule has 5 atom stereocenters. The third-order valence-corrected chi connectivity index (χ3v) is 9.82. The SMILES string of the molecule is C#COP(=O)(OC#C)OCCCCNC(=O)C1C(C(=O)OCCCCOP(C)(=O)OCC)[C@@H]2C(=O)C=C[C@H]1N2Cc1ccccc1. The number of phosphoric ester groups is 1. The van der Waals surface area contributed by atoms with Crippen LogP contribution in [0.5, 0.6) is 0 Å². The fourth-order valence-electron chi connectivity index (χ4n) is 5.37. The van der Waals surface area contributed by atoms with E-state index in [0.29, 0.717) is 32.2 Å². The predicted molar refractivity (Wildman–Crippen MR) is 168 cm³/mol. The fraction of sp³-hybridized carbons (Fsp3) is 0.516. The Morgan fingerprint density at radius 2 is 1.59 bits per heavy atom. The first-order valence-corrected chi connectivity index (χ1v) is 18.4. The van der Waals surface area contributed by atoms with Gasteiger partial charge in [0.05, 0.1) is 44.3 Å². The number of fused-ring (bicyclic) bond motifs is 2. The molecule has 0 spiro atoms. The van der Waals surface area contributed by atoms with Crippen molar-refractivity contribution in [2.45, 2.75) is 51.2 Å². The smallest absolute Gasteiger partial charge is 0.465 e. The number of hydrogen-bond donors (Lipinski definition) is 1. The lowest BCUT2D eigenvalue weighted by Crippen LogP contribution is -2.45. The van der Waals surface area contributed by atoms with Crippen LogP contribution in [0.15, 0.2) is 42.5 Å². The van der Waals surface area contributed by atoms with E-state index in [1.54, 1.807) is 25.2 Å². The summed E-state index contributed by atoms with van der Waals surface area (Å²) in [5, 5.41) is 2.85. The second-order valence-corrected chi connectivity index (χ2v) is 14.1. The van der Waals surface area contributed by atoms with Gasteiger partial charge in [-0.3, -0.25) is 28.4 Å². The molecule has 1 aromatic rings. The Kier molecular flexibility index (Phi) is 14.5. The molecule has 2 bridgehead atoms. The summed E-state index contributed by atoms with van der Waals surface area (Å²) >= 11 is 0. The lowest BCUT2D eigenvalue weighted by Gasteiger charge is -2.31. The highest BCUT2D eigenvalue weighted by atomic mass is 31.2. The number of nitrogens with zero attached hydrogens (tertiary/aromatic N) is 1. The van der Waals surface area contributed by atoms with Crippen LogP contribution in [0.1, 0.15) is 38.2 Å². The van der Waals surface area contributed by atoms with E-state index >= 15 is 0 Å². The van der Waals surface area contributed by atoms with Crippen molar-refractivity contribution < 1.29 is 50.9 Å². The van der Waals surface area contributed by atoms with Crippen molar-refractivity contribution in [3.8, 4) is 25.1 Å². The van der Waals surface area contributed by atoms with Crippen molar-refractivity contribution in [3.63, 3.8) is 0 Å². The van der Waals surface area contributed by atoms with Gasteiger partial charge in [0.15, 0.2) is 5.78 Å². The van der Waals surface area contributed by atoms with Crippen molar-refractivity contribution in [1.29, 1.82) is 0 Å². The van der Waals surface area contributed by atoms with Crippen LogP contribution < -0.4 is 5.32 Å². The molecule has 46 heavy (non-hydrogen) atoms. The number of esters is 1. The molecule has 2 heterocycles. The van der Waals surface area contributed by atoms with E-state index in [9.17, 15) is 23.5 Å². The number of amides is 1. The van der Waals surface area contributed by atoms with Crippen LogP contribution in [0, 0.1) is 36.9 Å². The van der Waals surface area contributed by atoms with Gasteiger partial charge in [-0.25, -0.2) is 4.57 Å². The first-order valence-electron chi connectivity index (χ1n) is 14.9. The maximum absolute atomic E-state index is 13.6. The molecule has 1 N–H and O–H groups in total. The number of terminal acetylenes is 2. The Hall–Kier alpha value is -3.41. The van der Waals surface area contributed by atoms with E-state index in [4.69, 9.17) is 31.2 Å². The summed E-state index contributed by atoms with van der Waals surface area (Å²) in [4.78, 5) is 42.2. The van der Waals surface area contributed by atoms with Crippen LogP contribution in [0.4, 0.5) is 0 Å². The van der Waals surface area contributed by atoms with E-state index in [1.165, 1.54) is 12.7 Å². The van der Waals surface area contributed by atoms with Crippen LogP contribution in [-0.2, 0) is 57.4 Å². The van der Waals surface area contributed by atoms with E-state index in [-0.39, 0.29) is 38.8 Å². The number of carbonyl (C=O) groups is 3. The zero-order valence-electron chi connectivity index (χ0n) is 25.9. The van der Waals surface area contributed by atoms with Crippen molar-refractivity contribution in [2.24, 2.45) is 11.8 Å². The van der Waals surface area contributed by atoms with Gasteiger partial charge in [0.25, 0.3) is 0 Å². The van der Waals surface area contributed by atoms with Gasteiger partial charge in [0, 0.05) is 25.8 Å². The zero-order chi connectivity index (χ0) is 33.6. The molecule has 3 rings (SSSR count). The number of hydrogen-bond acceptors (Lipinski definition) is 12. The van der Waals surface area contributed by atoms with Gasteiger partial charge in [-0.1, -0.05) is 49.3 Å². The molecule has 250 valence electrons. The van der Waals surface area contributed by atoms with E-state index < -0.39 is 51.2 Å². The van der Waals surface area contributed by atoms with Crippen molar-refractivity contribution in [1.82, 2.24) is 10.2 Å². The molecular formula is C31H40N2O11P2. The minimum Gasteiger partial charge on any atom is -0.465 e. The molecular weight excluding hydrogens is 638 g/mol. The Balaban J connectivity index is 1.64. The lowest BCUT2D eigenvalue weighted by atomic mass is 9.86. The summed E-state index contributed by atoms with van der Waals surface area (Å²) in [6.07, 6.45) is 18.1. The second kappa shape index (κ2) is 18.1. The molecule has 13 nitrogen and oxygen atoms in total. The van der Waals surface area contributed by atoms with Crippen molar-refractivity contribution in [3.05, 3.63) is 48.0 Å². The maximum atomic E-state index is 13.6. The number of unbranched alkanes of at least 4 members (excludes halogenated alkanes) is 2. The van der Waals surface area contributed by atoms with Crippen LogP contribution in [0.3, 0.4) is 0 Å². The highest BCUT2D eigenvalue weighted by molar-refractivity contribution is 7.52. The van der Waals surface area contributed by atoms with Gasteiger partial charge in [-0.2, -0.15) is 0 Å². The van der Waals surface area contributed by atoms with E-state index in [0.717, 1.165) is 5.56 Å². The minimum atomic E-state index is -4.09. The van der Waals surface area contributed by atoms with Crippen LogP contribution in [-0.4, -0.2) is 74.3 Å². The molecule has 2 aliphatic rings. The Labute approximate surface area is 269 Å². The van der Waals surface area contributed by atoms with E-state index in [1.807, 2.05) is 35.2 Å². The summed E-state index contributed by atoms with van der Waals surface area (Å²) in [6, 6.07) is 8.06. The average molecular weight is 679 g/mol. The molecule has 0 aromatic heterocycles. The number of rotatable bonds is 20. The average Bonchev–Trinajstić information content (AvgIpc) is 3.24. The molecule has 0 saturated carbocycles. The highest BCUT2D eigenvalue weighted by Crippen LogP contribution is 2.49. The summed E-state index contributed by atoms with van der Waals surface area (Å²) in [5.74, 6) is -3.28. The summed E-state index contributed by atoms with van der Waals surface area (Å²) < 4.78 is 54.3. The van der Waals surface area contributed by atoms with Crippen LogP contribution >= 0.6 is 15.4 Å². The van der Waals surface area contributed by atoms with Gasteiger partial charge in [0.2, 0.25) is 5.91 Å². The van der Waals surface area contributed by atoms with Crippen molar-refractivity contribution in [2.75, 3.05) is 39.6 Å². The van der Waals surface area contributed by atoms with E-state index in [2.05, 4.69) is 14.4 Å². The first-order chi connectivity index (χ1) is 22.1. The number of benzene rings is 1. The molecule has 15 heteroatoms. The first kappa shape index (κ1) is 37.1. The quantitative estimate of drug-likeness (QED) is 0.0916. The topological polar surface area (TPSA) is 156 Å². The minimum absolute atomic E-state index is 0.0318. The number of nitrogens with one attached hydrogen (secondary N) is 1. The normalized spacial score (nSPS) is 21.9. The van der Waals surface area contributed by atoms with Crippen LogP contribution in [0.25, 0.3) is 0 Å². The zero-order valence-corrected chi connectivity index (χ0v) is 27.7. The van der Waals surface area contributed by atoms with Crippen LogP contribution in [0.2, 0.25) is 0 Å². The lowest BCUT2D eigenvalue weighted by molar-refractivity contribution is -0.154. The van der Waals surface area contributed by atoms with Gasteiger partial charge >= 0.3 is 21.4 Å². The standard InChI is InChI=1S/C31H40N2O11P2/c1-5-40-45(4,37)43-21-14-13-20-39-31(36)28-27(30(35)32-19-11-12-22-44-46(38,41-6-2)42-7-3)25-17-18-26(34)29(28)33(25)23-24-15-9-8-10-16-24/h2-3,8-10,15-18,25,27-29H,5,11-14,19-23H2,1,4H3,(H,32,35)/t25-,27?,28?,29+,45?/m1/s1. The summed E-state index contributed by atoms with van der Waals surface area (Å²) in [6.45, 7) is 4.05.